The number of phosphoric ester groups is 1. The minimum Gasteiger partial charge on any atom is -0.494 e. The van der Waals surface area contributed by atoms with Gasteiger partial charge in [-0.2, -0.15) is 4.99 Å². The predicted octanol–water partition coefficient (Wildman–Crippen LogP) is 5.83. The monoisotopic (exact) mass is 613 g/mol. The standard InChI is InChI=1S/C25H33ClN5O7PS/c1-15-10-16(17-11-20(26)28-13-19(17)34-8)18(12-27-15)21(32)29-22-31(30-23(35-9)40-22)14-36-39(33,37-24(2,3)4)38-25(5,6)7/h10-13H,14H2,1-9H3. The third-order valence-electron chi connectivity index (χ3n) is 4.70. The zero-order valence-electron chi connectivity index (χ0n) is 23.8. The van der Waals surface area contributed by atoms with Crippen LogP contribution in [0.1, 0.15) is 57.6 Å². The lowest BCUT2D eigenvalue weighted by molar-refractivity contribution is -0.00810. The van der Waals surface area contributed by atoms with Gasteiger partial charge in [-0.3, -0.25) is 23.3 Å². The molecule has 3 aromatic heterocycles. The number of carbonyl (C=O) groups excluding carboxylic acids is 1. The number of hydrogen-bond acceptors (Lipinski definition) is 11. The van der Waals surface area contributed by atoms with Crippen molar-refractivity contribution in [3.05, 3.63) is 45.7 Å². The van der Waals surface area contributed by atoms with Gasteiger partial charge in [-0.05, 0) is 71.9 Å². The Balaban J connectivity index is 2.04. The molecular weight excluding hydrogens is 581 g/mol. The van der Waals surface area contributed by atoms with Gasteiger partial charge >= 0.3 is 7.82 Å². The van der Waals surface area contributed by atoms with Crippen molar-refractivity contribution in [2.24, 2.45) is 4.99 Å². The van der Waals surface area contributed by atoms with Crippen molar-refractivity contribution in [1.82, 2.24) is 19.7 Å². The number of aromatic nitrogens is 4. The number of rotatable bonds is 9. The lowest BCUT2D eigenvalue weighted by Crippen LogP contribution is -2.26. The summed E-state index contributed by atoms with van der Waals surface area (Å²) >= 11 is 7.13. The SMILES string of the molecule is COc1nn(COP(=O)(OC(C)(C)C)OC(C)(C)C)c(=NC(=O)c2cnc(C)cc2-c2cc(Cl)ncc2OC)s1. The number of ether oxygens (including phenoxy) is 2. The molecule has 0 aliphatic rings. The van der Waals surface area contributed by atoms with Gasteiger partial charge in [-0.15, -0.1) is 5.10 Å². The first-order valence-corrected chi connectivity index (χ1v) is 14.7. The maximum Gasteiger partial charge on any atom is 0.477 e. The Morgan fingerprint density at radius 1 is 1.02 bits per heavy atom. The zero-order valence-corrected chi connectivity index (χ0v) is 26.3. The zero-order chi connectivity index (χ0) is 29.9. The van der Waals surface area contributed by atoms with Gasteiger partial charge in [0.25, 0.3) is 11.1 Å². The van der Waals surface area contributed by atoms with Gasteiger partial charge < -0.3 is 9.47 Å². The molecule has 0 fully saturated rings. The van der Waals surface area contributed by atoms with E-state index in [2.05, 4.69) is 20.1 Å². The van der Waals surface area contributed by atoms with E-state index in [0.29, 0.717) is 22.6 Å². The Bertz CT molecular complexity index is 1470. The molecule has 0 bridgehead atoms. The van der Waals surface area contributed by atoms with Crippen LogP contribution in [0.5, 0.6) is 10.9 Å². The minimum absolute atomic E-state index is 0.117. The summed E-state index contributed by atoms with van der Waals surface area (Å²) in [5.74, 6) is -0.210. The van der Waals surface area contributed by atoms with Crippen molar-refractivity contribution in [3.63, 3.8) is 0 Å². The number of nitrogens with zero attached hydrogens (tertiary/aromatic N) is 5. The van der Waals surface area contributed by atoms with Crippen molar-refractivity contribution in [3.8, 4) is 22.1 Å². The molecule has 0 atom stereocenters. The van der Waals surface area contributed by atoms with E-state index in [9.17, 15) is 9.36 Å². The topological polar surface area (TPSA) is 136 Å². The summed E-state index contributed by atoms with van der Waals surface area (Å²) in [6.45, 7) is 11.8. The molecule has 1 amide bonds. The number of amides is 1. The van der Waals surface area contributed by atoms with Gasteiger partial charge in [0.05, 0.1) is 37.2 Å². The van der Waals surface area contributed by atoms with Crippen LogP contribution < -0.4 is 14.3 Å². The molecule has 0 aliphatic carbocycles. The molecule has 0 aromatic carbocycles. The van der Waals surface area contributed by atoms with E-state index in [1.807, 2.05) is 0 Å². The quantitative estimate of drug-likeness (QED) is 0.214. The van der Waals surface area contributed by atoms with Crippen molar-refractivity contribution in [2.45, 2.75) is 66.4 Å². The molecule has 0 N–H and O–H groups in total. The lowest BCUT2D eigenvalue weighted by Gasteiger charge is -2.30. The highest BCUT2D eigenvalue weighted by molar-refractivity contribution is 7.48. The van der Waals surface area contributed by atoms with Gasteiger partial charge in [0.15, 0.2) is 6.73 Å². The molecule has 0 saturated carbocycles. The van der Waals surface area contributed by atoms with E-state index < -0.39 is 31.7 Å². The van der Waals surface area contributed by atoms with Crippen LogP contribution in [0, 0.1) is 6.92 Å². The lowest BCUT2D eigenvalue weighted by atomic mass is 10.0. The van der Waals surface area contributed by atoms with Crippen LogP contribution in [0.25, 0.3) is 11.1 Å². The number of carbonyl (C=O) groups is 1. The molecule has 0 saturated heterocycles. The fourth-order valence-corrected chi connectivity index (χ4v) is 5.90. The Morgan fingerprint density at radius 2 is 1.68 bits per heavy atom. The van der Waals surface area contributed by atoms with Crippen molar-refractivity contribution in [2.75, 3.05) is 14.2 Å². The highest BCUT2D eigenvalue weighted by Gasteiger charge is 2.37. The first kappa shape index (κ1) is 31.9. The van der Waals surface area contributed by atoms with Gasteiger partial charge in [0.2, 0.25) is 4.80 Å². The Hall–Kier alpha value is -2.67. The van der Waals surface area contributed by atoms with Crippen molar-refractivity contribution >= 4 is 36.7 Å². The van der Waals surface area contributed by atoms with Crippen LogP contribution in [0.2, 0.25) is 5.15 Å². The highest BCUT2D eigenvalue weighted by atomic mass is 35.5. The first-order chi connectivity index (χ1) is 18.5. The molecule has 0 spiro atoms. The van der Waals surface area contributed by atoms with Crippen molar-refractivity contribution in [1.29, 1.82) is 0 Å². The Kier molecular flexibility index (Phi) is 9.92. The summed E-state index contributed by atoms with van der Waals surface area (Å²) in [5.41, 5.74) is 0.231. The molecule has 40 heavy (non-hydrogen) atoms. The maximum absolute atomic E-state index is 13.5. The van der Waals surface area contributed by atoms with Crippen LogP contribution >= 0.6 is 30.8 Å². The smallest absolute Gasteiger partial charge is 0.477 e. The number of phosphoric acid groups is 1. The van der Waals surface area contributed by atoms with Crippen LogP contribution in [-0.4, -0.2) is 51.1 Å². The fourth-order valence-electron chi connectivity index (χ4n) is 3.30. The first-order valence-electron chi connectivity index (χ1n) is 12.1. The van der Waals surface area contributed by atoms with Gasteiger partial charge in [0.1, 0.15) is 10.9 Å². The molecule has 12 nitrogen and oxygen atoms in total. The van der Waals surface area contributed by atoms with Gasteiger partial charge in [0, 0.05) is 23.0 Å². The third-order valence-corrected chi connectivity index (χ3v) is 7.79. The Labute approximate surface area is 241 Å². The number of halogens is 1. The summed E-state index contributed by atoms with van der Waals surface area (Å²) in [7, 11) is -1.16. The third kappa shape index (κ3) is 8.66. The van der Waals surface area contributed by atoms with Crippen LogP contribution in [-0.2, 0) is 24.9 Å². The van der Waals surface area contributed by atoms with E-state index in [0.717, 1.165) is 11.3 Å². The summed E-state index contributed by atoms with van der Waals surface area (Å²) < 4.78 is 42.4. The molecule has 218 valence electrons. The Morgan fingerprint density at radius 3 is 2.25 bits per heavy atom. The summed E-state index contributed by atoms with van der Waals surface area (Å²) in [4.78, 5) is 26.2. The molecule has 0 unspecified atom stereocenters. The predicted molar refractivity (Wildman–Crippen MR) is 151 cm³/mol. The fraction of sp³-hybridized carbons (Fsp3) is 0.480. The van der Waals surface area contributed by atoms with Crippen molar-refractivity contribution < 1.29 is 32.4 Å². The minimum atomic E-state index is -4.07. The van der Waals surface area contributed by atoms with Crippen LogP contribution in [0.3, 0.4) is 0 Å². The van der Waals surface area contributed by atoms with E-state index in [4.69, 9.17) is 34.6 Å². The van der Waals surface area contributed by atoms with E-state index in [1.165, 1.54) is 31.3 Å². The van der Waals surface area contributed by atoms with Gasteiger partial charge in [-0.25, -0.2) is 14.2 Å². The van der Waals surface area contributed by atoms with Crippen LogP contribution in [0.4, 0.5) is 0 Å². The molecule has 0 radical (unpaired) electrons. The van der Waals surface area contributed by atoms with E-state index in [-0.39, 0.29) is 20.7 Å². The second-order valence-electron chi connectivity index (χ2n) is 10.5. The summed E-state index contributed by atoms with van der Waals surface area (Å²) in [6.07, 6.45) is 2.89. The largest absolute Gasteiger partial charge is 0.494 e. The van der Waals surface area contributed by atoms with Crippen LogP contribution in [0.15, 0.2) is 29.5 Å². The van der Waals surface area contributed by atoms with E-state index >= 15 is 0 Å². The average molecular weight is 614 g/mol. The maximum atomic E-state index is 13.5. The van der Waals surface area contributed by atoms with Gasteiger partial charge in [-0.1, -0.05) is 11.6 Å². The molecular formula is C25H33ClN5O7PS. The number of aryl methyl sites for hydroxylation is 1. The number of pyridine rings is 2. The molecule has 3 aromatic rings. The number of hydrogen-bond donors (Lipinski definition) is 0. The average Bonchev–Trinajstić information content (AvgIpc) is 3.22. The molecule has 0 aliphatic heterocycles. The van der Waals surface area contributed by atoms with E-state index in [1.54, 1.807) is 60.6 Å². The highest BCUT2D eigenvalue weighted by Crippen LogP contribution is 2.55. The molecule has 3 heterocycles. The molecule has 3 rings (SSSR count). The summed E-state index contributed by atoms with van der Waals surface area (Å²) in [6, 6.07) is 3.32. The number of methoxy groups -OCH3 is 2. The normalized spacial score (nSPS) is 13.0. The second kappa shape index (κ2) is 12.5. The summed E-state index contributed by atoms with van der Waals surface area (Å²) in [5, 5.41) is 4.68. The second-order valence-corrected chi connectivity index (χ2v) is 13.3. The molecule has 15 heteroatoms.